The van der Waals surface area contributed by atoms with Crippen molar-refractivity contribution in [2.75, 3.05) is 13.2 Å². The molecule has 1 atom stereocenters. The minimum absolute atomic E-state index is 0.0576. The van der Waals surface area contributed by atoms with Gasteiger partial charge in [0.05, 0.1) is 34.3 Å². The Morgan fingerprint density at radius 1 is 0.872 bits per heavy atom. The predicted octanol–water partition coefficient (Wildman–Crippen LogP) is 8.94. The highest BCUT2D eigenvalue weighted by Gasteiger charge is 2.58. The molecule has 4 aromatic rings. The van der Waals surface area contributed by atoms with Crippen LogP contribution in [-0.4, -0.2) is 31.9 Å². The number of amides is 1. The lowest BCUT2D eigenvalue weighted by Crippen LogP contribution is -2.66. The fourth-order valence-corrected chi connectivity index (χ4v) is 9.42. The molecule has 47 heavy (non-hydrogen) atoms. The van der Waals surface area contributed by atoms with E-state index in [0.29, 0.717) is 13.0 Å². The Morgan fingerprint density at radius 2 is 1.57 bits per heavy atom. The first-order valence-electron chi connectivity index (χ1n) is 16.0. The minimum Gasteiger partial charge on any atom is -0.268 e. The van der Waals surface area contributed by atoms with Gasteiger partial charge in [-0.2, -0.15) is 8.42 Å². The largest absolute Gasteiger partial charge is 0.407 e. The molecule has 0 saturated carbocycles. The standard InChI is InChI=1S/C38H36N2O5S2/c1-2-44-47(42,43)39-36(41)24-14-26-40(39)33-22-10-11-23-35(33)46-37(40)25-12-9-19-30-20-13-21-31-32(28-15-5-3-6-16-28)27-34(45-38(30)31)29-17-7-4-8-18-29/h3-12,15-19,22-23,25,27H,2,13-14,20-21,24,26H2,1H3/q+2/b12-9?,30-19+,37-25?. The molecule has 7 rings (SSSR count). The monoisotopic (exact) mass is 664 g/mol. The van der Waals surface area contributed by atoms with Crippen molar-refractivity contribution >= 4 is 39.2 Å². The number of quaternary nitrogens is 1. The van der Waals surface area contributed by atoms with Crippen LogP contribution in [0.1, 0.15) is 43.9 Å². The third-order valence-corrected chi connectivity index (χ3v) is 11.4. The van der Waals surface area contributed by atoms with Crippen LogP contribution in [0.25, 0.3) is 28.0 Å². The number of fused-ring (bicyclic) bond motifs is 3. The molecule has 3 aromatic carbocycles. The topological polar surface area (TPSA) is 75.0 Å². The van der Waals surface area contributed by atoms with Crippen molar-refractivity contribution in [2.24, 2.45) is 0 Å². The maximum Gasteiger partial charge on any atom is 0.407 e. The molecule has 1 aliphatic carbocycles. The average molecular weight is 665 g/mol. The average Bonchev–Trinajstić information content (AvgIpc) is 3.39. The van der Waals surface area contributed by atoms with E-state index in [9.17, 15) is 13.2 Å². The van der Waals surface area contributed by atoms with Crippen molar-refractivity contribution in [3.05, 3.63) is 132 Å². The van der Waals surface area contributed by atoms with Crippen molar-refractivity contribution in [1.29, 1.82) is 0 Å². The Bertz CT molecular complexity index is 2020. The maximum atomic E-state index is 13.4. The summed E-state index contributed by atoms with van der Waals surface area (Å²) in [6, 6.07) is 30.4. The summed E-state index contributed by atoms with van der Waals surface area (Å²) in [6.07, 6.45) is 11.4. The van der Waals surface area contributed by atoms with Gasteiger partial charge in [0.2, 0.25) is 5.03 Å². The summed E-state index contributed by atoms with van der Waals surface area (Å²) in [7, 11) is -4.33. The van der Waals surface area contributed by atoms with Gasteiger partial charge in [0, 0.05) is 30.5 Å². The summed E-state index contributed by atoms with van der Waals surface area (Å²) in [5.41, 5.74) is 6.43. The molecule has 7 nitrogen and oxygen atoms in total. The maximum absolute atomic E-state index is 13.4. The molecule has 1 saturated heterocycles. The lowest BCUT2D eigenvalue weighted by Gasteiger charge is -2.42. The molecule has 1 spiro atoms. The number of hydrogen-bond donors (Lipinski definition) is 0. The lowest BCUT2D eigenvalue weighted by atomic mass is 9.86. The van der Waals surface area contributed by atoms with E-state index in [1.807, 2.05) is 66.8 Å². The number of rotatable bonds is 7. The van der Waals surface area contributed by atoms with Crippen LogP contribution >= 0.6 is 11.8 Å². The molecule has 2 aliphatic heterocycles. The number of benzene rings is 3. The highest BCUT2D eigenvalue weighted by atomic mass is 32.2. The fourth-order valence-electron chi connectivity index (χ4n) is 6.77. The number of hydrogen-bond acceptors (Lipinski definition) is 5. The Balaban J connectivity index is 1.30. The van der Waals surface area contributed by atoms with E-state index < -0.39 is 16.2 Å². The van der Waals surface area contributed by atoms with Crippen molar-refractivity contribution in [3.8, 4) is 22.5 Å². The van der Waals surface area contributed by atoms with E-state index in [1.165, 1.54) is 22.9 Å². The van der Waals surface area contributed by atoms with E-state index in [0.717, 1.165) is 67.5 Å². The van der Waals surface area contributed by atoms with Crippen molar-refractivity contribution in [3.63, 3.8) is 0 Å². The molecule has 3 heterocycles. The zero-order chi connectivity index (χ0) is 32.4. The highest BCUT2D eigenvalue weighted by Crippen LogP contribution is 2.54. The van der Waals surface area contributed by atoms with Crippen LogP contribution in [0, 0.1) is 0 Å². The van der Waals surface area contributed by atoms with Gasteiger partial charge in [0.1, 0.15) is 6.54 Å². The van der Waals surface area contributed by atoms with Gasteiger partial charge in [-0.1, -0.05) is 72.8 Å². The van der Waals surface area contributed by atoms with Gasteiger partial charge in [-0.3, -0.25) is 8.98 Å². The number of para-hydroxylation sites is 1. The van der Waals surface area contributed by atoms with Crippen molar-refractivity contribution < 1.29 is 21.8 Å². The smallest absolute Gasteiger partial charge is 0.268 e. The molecule has 3 aliphatic rings. The first-order valence-corrected chi connectivity index (χ1v) is 18.2. The molecule has 1 aromatic heterocycles. The Morgan fingerprint density at radius 3 is 2.34 bits per heavy atom. The zero-order valence-electron chi connectivity index (χ0n) is 26.2. The summed E-state index contributed by atoms with van der Waals surface area (Å²) in [5, 5.41) is 0.726. The van der Waals surface area contributed by atoms with Crippen molar-refractivity contribution in [2.45, 2.75) is 43.9 Å². The van der Waals surface area contributed by atoms with Gasteiger partial charge in [0.15, 0.2) is 5.69 Å². The van der Waals surface area contributed by atoms with E-state index in [4.69, 9.17) is 8.60 Å². The summed E-state index contributed by atoms with van der Waals surface area (Å²) in [5.74, 6) is 1.25. The molecule has 0 bridgehead atoms. The predicted molar refractivity (Wildman–Crippen MR) is 188 cm³/mol. The molecule has 238 valence electrons. The number of carbonyl (C=O) groups is 1. The van der Waals surface area contributed by atoms with Gasteiger partial charge in [0.25, 0.3) is 5.91 Å². The van der Waals surface area contributed by atoms with Crippen LogP contribution in [0.5, 0.6) is 0 Å². The minimum atomic E-state index is -4.33. The third kappa shape index (κ3) is 5.78. The van der Waals surface area contributed by atoms with Crippen LogP contribution in [0.4, 0.5) is 5.69 Å². The second-order valence-electron chi connectivity index (χ2n) is 11.7. The molecular weight excluding hydrogens is 629 g/mol. The molecule has 0 N–H and O–H groups in total. The lowest BCUT2D eigenvalue weighted by molar-refractivity contribution is -0.138. The first kappa shape index (κ1) is 31.3. The van der Waals surface area contributed by atoms with Crippen LogP contribution in [0.3, 0.4) is 0 Å². The second kappa shape index (κ2) is 13.1. The van der Waals surface area contributed by atoms with Gasteiger partial charge in [-0.15, -0.1) is 4.59 Å². The van der Waals surface area contributed by atoms with E-state index in [-0.39, 0.29) is 17.6 Å². The Hall–Kier alpha value is -4.28. The van der Waals surface area contributed by atoms with Gasteiger partial charge in [-0.25, -0.2) is 4.42 Å². The van der Waals surface area contributed by atoms with Gasteiger partial charge in [-0.05, 0) is 72.2 Å². The molecule has 1 fully saturated rings. The van der Waals surface area contributed by atoms with E-state index in [2.05, 4.69) is 48.5 Å². The second-order valence-corrected chi connectivity index (χ2v) is 14.2. The van der Waals surface area contributed by atoms with Crippen LogP contribution < -0.4 is 4.59 Å². The van der Waals surface area contributed by atoms with Crippen LogP contribution in [0.2, 0.25) is 0 Å². The third-order valence-electron chi connectivity index (χ3n) is 8.76. The van der Waals surface area contributed by atoms with Crippen LogP contribution in [-0.2, 0) is 25.7 Å². The van der Waals surface area contributed by atoms with E-state index in [1.54, 1.807) is 6.92 Å². The first-order chi connectivity index (χ1) is 22.9. The van der Waals surface area contributed by atoms with Gasteiger partial charge < -0.3 is 0 Å². The number of carbonyl (C=O) groups excluding carboxylic acids is 1. The molecule has 9 heteroatoms. The summed E-state index contributed by atoms with van der Waals surface area (Å²) < 4.78 is 39.4. The number of nitrogens with zero attached hydrogens (tertiary/aromatic N) is 2. The Kier molecular flexibility index (Phi) is 8.72. The highest BCUT2D eigenvalue weighted by molar-refractivity contribution is 8.03. The summed E-state index contributed by atoms with van der Waals surface area (Å²) >= 11 is 1.48. The Labute approximate surface area is 280 Å². The van der Waals surface area contributed by atoms with E-state index >= 15 is 0 Å². The SMILES string of the molecule is CCOS(=O)(=O)N1C(=O)CCC[N+]12C(=CC=C/C=C1\CCCc3c(-c4ccccc4)cc(-c4ccccc4)[o+]c31)Sc1ccccc12. The number of thioether (sulfide) groups is 1. The zero-order valence-corrected chi connectivity index (χ0v) is 27.8. The summed E-state index contributed by atoms with van der Waals surface area (Å²) in [6.45, 7) is 1.98. The quantitative estimate of drug-likeness (QED) is 0.145. The number of allylic oxidation sites excluding steroid dienone is 5. The van der Waals surface area contributed by atoms with Crippen molar-refractivity contribution in [1.82, 2.24) is 9.01 Å². The summed E-state index contributed by atoms with van der Waals surface area (Å²) in [4.78, 5) is 14.2. The molecule has 0 radical (unpaired) electrons. The fraction of sp³-hybridized carbons (Fsp3) is 0.211. The molecular formula is C38H36N2O5S2+2. The van der Waals surface area contributed by atoms with Crippen LogP contribution in [0.15, 0.2) is 130 Å². The normalized spacial score (nSPS) is 21.1. The molecule has 1 amide bonds. The molecule has 1 unspecified atom stereocenters. The van der Waals surface area contributed by atoms with Gasteiger partial charge >= 0.3 is 21.8 Å².